The van der Waals surface area contributed by atoms with Gasteiger partial charge in [-0.25, -0.2) is 4.79 Å². The molecule has 19 heavy (non-hydrogen) atoms. The molecular formula is C16H16N2O. The van der Waals surface area contributed by atoms with Crippen molar-refractivity contribution in [2.24, 2.45) is 0 Å². The number of nitrogens with one attached hydrogen (secondary N) is 1. The van der Waals surface area contributed by atoms with Crippen molar-refractivity contribution in [1.29, 1.82) is 0 Å². The van der Waals surface area contributed by atoms with E-state index in [1.165, 1.54) is 5.56 Å². The van der Waals surface area contributed by atoms with Crippen molar-refractivity contribution in [2.45, 2.75) is 12.5 Å². The van der Waals surface area contributed by atoms with E-state index in [9.17, 15) is 4.79 Å². The van der Waals surface area contributed by atoms with Crippen LogP contribution in [0.1, 0.15) is 5.56 Å². The van der Waals surface area contributed by atoms with E-state index in [1.807, 2.05) is 48.5 Å². The molecule has 3 nitrogen and oxygen atoms in total. The van der Waals surface area contributed by atoms with E-state index in [2.05, 4.69) is 17.4 Å². The molecule has 1 saturated heterocycles. The molecule has 1 fully saturated rings. The van der Waals surface area contributed by atoms with Crippen molar-refractivity contribution < 1.29 is 4.79 Å². The summed E-state index contributed by atoms with van der Waals surface area (Å²) in [6.45, 7) is 0.720. The first kappa shape index (κ1) is 11.8. The Kier molecular flexibility index (Phi) is 3.19. The lowest BCUT2D eigenvalue weighted by atomic mass is 10.1. The van der Waals surface area contributed by atoms with Crippen LogP contribution in [0.4, 0.5) is 10.5 Å². The minimum absolute atomic E-state index is 0.00729. The van der Waals surface area contributed by atoms with Gasteiger partial charge in [0.15, 0.2) is 0 Å². The average molecular weight is 252 g/mol. The van der Waals surface area contributed by atoms with Crippen molar-refractivity contribution in [3.8, 4) is 0 Å². The Morgan fingerprint density at radius 3 is 2.32 bits per heavy atom. The summed E-state index contributed by atoms with van der Waals surface area (Å²) in [5.74, 6) is 0. The van der Waals surface area contributed by atoms with Crippen LogP contribution in [-0.4, -0.2) is 18.6 Å². The standard InChI is InChI=1S/C16H16N2O/c19-16-17-14(11-13-7-3-1-4-8-13)12-18(16)15-9-5-2-6-10-15/h1-10,14H,11-12H2,(H,17,19)/t14-/m0/s1. The van der Waals surface area contributed by atoms with Crippen LogP contribution in [0.5, 0.6) is 0 Å². The molecule has 0 bridgehead atoms. The molecule has 2 aromatic carbocycles. The zero-order valence-corrected chi connectivity index (χ0v) is 10.6. The molecule has 3 rings (SSSR count). The van der Waals surface area contributed by atoms with Crippen LogP contribution in [0.15, 0.2) is 60.7 Å². The molecule has 1 heterocycles. The van der Waals surface area contributed by atoms with Gasteiger partial charge in [-0.1, -0.05) is 48.5 Å². The molecule has 1 atom stereocenters. The fourth-order valence-electron chi connectivity index (χ4n) is 2.45. The van der Waals surface area contributed by atoms with Crippen molar-refractivity contribution in [1.82, 2.24) is 5.32 Å². The van der Waals surface area contributed by atoms with Crippen LogP contribution >= 0.6 is 0 Å². The molecule has 3 heteroatoms. The van der Waals surface area contributed by atoms with Gasteiger partial charge in [-0.05, 0) is 24.1 Å². The summed E-state index contributed by atoms with van der Waals surface area (Å²) >= 11 is 0. The third kappa shape index (κ3) is 2.60. The molecule has 0 saturated carbocycles. The number of amides is 2. The van der Waals surface area contributed by atoms with Gasteiger partial charge < -0.3 is 5.32 Å². The lowest BCUT2D eigenvalue weighted by molar-refractivity contribution is 0.251. The maximum atomic E-state index is 12.0. The lowest BCUT2D eigenvalue weighted by Crippen LogP contribution is -2.29. The Balaban J connectivity index is 1.70. The first-order chi connectivity index (χ1) is 9.33. The molecule has 96 valence electrons. The minimum atomic E-state index is -0.00729. The van der Waals surface area contributed by atoms with Crippen LogP contribution in [0.3, 0.4) is 0 Å². The normalized spacial score (nSPS) is 18.4. The van der Waals surface area contributed by atoms with E-state index in [4.69, 9.17) is 0 Å². The van der Waals surface area contributed by atoms with Crippen molar-refractivity contribution in [3.05, 3.63) is 66.2 Å². The first-order valence-electron chi connectivity index (χ1n) is 6.50. The monoisotopic (exact) mass is 252 g/mol. The number of benzene rings is 2. The topological polar surface area (TPSA) is 32.3 Å². The van der Waals surface area contributed by atoms with Crippen molar-refractivity contribution in [2.75, 3.05) is 11.4 Å². The lowest BCUT2D eigenvalue weighted by Gasteiger charge is -2.14. The van der Waals surface area contributed by atoms with Crippen LogP contribution in [-0.2, 0) is 6.42 Å². The van der Waals surface area contributed by atoms with Crippen LogP contribution in [0.2, 0.25) is 0 Å². The molecule has 1 aliphatic rings. The Labute approximate surface area is 112 Å². The Morgan fingerprint density at radius 1 is 1.00 bits per heavy atom. The highest BCUT2D eigenvalue weighted by atomic mass is 16.2. The fraction of sp³-hybridized carbons (Fsp3) is 0.188. The largest absolute Gasteiger partial charge is 0.333 e. The van der Waals surface area contributed by atoms with Gasteiger partial charge in [0.2, 0.25) is 0 Å². The van der Waals surface area contributed by atoms with Gasteiger partial charge >= 0.3 is 6.03 Å². The molecule has 0 radical (unpaired) electrons. The summed E-state index contributed by atoms with van der Waals surface area (Å²) in [6, 6.07) is 20.2. The zero-order valence-electron chi connectivity index (χ0n) is 10.6. The quantitative estimate of drug-likeness (QED) is 0.895. The van der Waals surface area contributed by atoms with Gasteiger partial charge in [0.05, 0.1) is 6.04 Å². The molecule has 0 spiro atoms. The van der Waals surface area contributed by atoms with Gasteiger partial charge in [0, 0.05) is 12.2 Å². The molecule has 2 amide bonds. The minimum Gasteiger partial charge on any atom is -0.333 e. The van der Waals surface area contributed by atoms with Gasteiger partial charge in [0.1, 0.15) is 0 Å². The molecular weight excluding hydrogens is 236 g/mol. The Morgan fingerprint density at radius 2 is 1.63 bits per heavy atom. The fourth-order valence-corrected chi connectivity index (χ4v) is 2.45. The molecule has 2 aromatic rings. The molecule has 1 aliphatic heterocycles. The maximum Gasteiger partial charge on any atom is 0.322 e. The van der Waals surface area contributed by atoms with Crippen LogP contribution in [0.25, 0.3) is 0 Å². The van der Waals surface area contributed by atoms with E-state index in [-0.39, 0.29) is 12.1 Å². The van der Waals surface area contributed by atoms with Gasteiger partial charge in [-0.15, -0.1) is 0 Å². The van der Waals surface area contributed by atoms with Crippen LogP contribution in [0, 0.1) is 0 Å². The molecule has 0 aromatic heterocycles. The average Bonchev–Trinajstić information content (AvgIpc) is 2.82. The number of carbonyl (C=O) groups is 1. The van der Waals surface area contributed by atoms with Gasteiger partial charge in [-0.3, -0.25) is 4.90 Å². The molecule has 1 N–H and O–H groups in total. The highest BCUT2D eigenvalue weighted by Crippen LogP contribution is 2.19. The predicted molar refractivity (Wildman–Crippen MR) is 76.3 cm³/mol. The van der Waals surface area contributed by atoms with Gasteiger partial charge in [-0.2, -0.15) is 0 Å². The van der Waals surface area contributed by atoms with E-state index in [1.54, 1.807) is 4.90 Å². The third-order valence-corrected chi connectivity index (χ3v) is 3.37. The van der Waals surface area contributed by atoms with E-state index in [0.717, 1.165) is 18.7 Å². The van der Waals surface area contributed by atoms with Crippen LogP contribution < -0.4 is 10.2 Å². The molecule has 0 unspecified atom stereocenters. The summed E-state index contributed by atoms with van der Waals surface area (Å²) in [5.41, 5.74) is 2.21. The summed E-state index contributed by atoms with van der Waals surface area (Å²) in [5, 5.41) is 3.04. The number of para-hydroxylation sites is 1. The highest BCUT2D eigenvalue weighted by Gasteiger charge is 2.29. The zero-order chi connectivity index (χ0) is 13.1. The second-order valence-corrected chi connectivity index (χ2v) is 4.78. The number of hydrogen-bond acceptors (Lipinski definition) is 1. The number of rotatable bonds is 3. The number of nitrogens with zero attached hydrogens (tertiary/aromatic N) is 1. The predicted octanol–water partition coefficient (Wildman–Crippen LogP) is 2.83. The smallest absolute Gasteiger partial charge is 0.322 e. The third-order valence-electron chi connectivity index (χ3n) is 3.37. The van der Waals surface area contributed by atoms with E-state index in [0.29, 0.717) is 0 Å². The second kappa shape index (κ2) is 5.14. The highest BCUT2D eigenvalue weighted by molar-refractivity contribution is 5.94. The van der Waals surface area contributed by atoms with E-state index < -0.39 is 0 Å². The molecule has 0 aliphatic carbocycles. The summed E-state index contributed by atoms with van der Waals surface area (Å²) < 4.78 is 0. The number of hydrogen-bond donors (Lipinski definition) is 1. The number of carbonyl (C=O) groups excluding carboxylic acids is 1. The summed E-state index contributed by atoms with van der Waals surface area (Å²) in [7, 11) is 0. The van der Waals surface area contributed by atoms with Crippen molar-refractivity contribution >= 4 is 11.7 Å². The van der Waals surface area contributed by atoms with Crippen molar-refractivity contribution in [3.63, 3.8) is 0 Å². The maximum absolute atomic E-state index is 12.0. The Hall–Kier alpha value is -2.29. The SMILES string of the molecule is O=C1N[C@@H](Cc2ccccc2)CN1c1ccccc1. The summed E-state index contributed by atoms with van der Waals surface area (Å²) in [6.07, 6.45) is 0.871. The van der Waals surface area contributed by atoms with E-state index >= 15 is 0 Å². The Bertz CT molecular complexity index is 553. The first-order valence-corrected chi connectivity index (χ1v) is 6.50. The second-order valence-electron chi connectivity index (χ2n) is 4.78. The van der Waals surface area contributed by atoms with Gasteiger partial charge in [0.25, 0.3) is 0 Å². The summed E-state index contributed by atoms with van der Waals surface area (Å²) in [4.78, 5) is 13.8. The number of urea groups is 1. The number of anilines is 1.